The monoisotopic (exact) mass is 535 g/mol. The molecule has 0 heterocycles. The van der Waals surface area contributed by atoms with E-state index in [0.29, 0.717) is 6.54 Å². The van der Waals surface area contributed by atoms with Crippen molar-refractivity contribution in [1.29, 1.82) is 0 Å². The highest BCUT2D eigenvalue weighted by Crippen LogP contribution is 2.30. The van der Waals surface area contributed by atoms with E-state index in [1.165, 1.54) is 6.42 Å². The van der Waals surface area contributed by atoms with Gasteiger partial charge in [0.15, 0.2) is 0 Å². The molecule has 0 radical (unpaired) electrons. The highest BCUT2D eigenvalue weighted by Gasteiger charge is 2.37. The molecule has 2 N–H and O–H groups in total. The molecule has 2 unspecified atom stereocenters. The molecule has 3 amide bonds. The quantitative estimate of drug-likeness (QED) is 0.426. The molecule has 39 heavy (non-hydrogen) atoms. The smallest absolute Gasteiger partial charge is 0.408 e. The van der Waals surface area contributed by atoms with Crippen LogP contribution in [-0.4, -0.2) is 47.0 Å². The van der Waals surface area contributed by atoms with Gasteiger partial charge in [0.05, 0.1) is 0 Å². The predicted octanol–water partition coefficient (Wildman–Crippen LogP) is 5.78. The van der Waals surface area contributed by atoms with Gasteiger partial charge >= 0.3 is 6.09 Å². The van der Waals surface area contributed by atoms with E-state index in [4.69, 9.17) is 4.74 Å². The van der Waals surface area contributed by atoms with Gasteiger partial charge in [0.25, 0.3) is 0 Å². The van der Waals surface area contributed by atoms with Crippen LogP contribution < -0.4 is 10.6 Å². The SMILES string of the molecule is CCN(C(=O)C(Cc1ccccc1)NC(=O)OC(C)(C)C)C(C(=O)NC1CCCCC1)c1c(C)cccc1C. The van der Waals surface area contributed by atoms with Crippen LogP contribution >= 0.6 is 0 Å². The number of nitrogens with zero attached hydrogens (tertiary/aromatic N) is 1. The second kappa shape index (κ2) is 13.6. The summed E-state index contributed by atoms with van der Waals surface area (Å²) < 4.78 is 5.50. The minimum Gasteiger partial charge on any atom is -0.444 e. The third-order valence-corrected chi connectivity index (χ3v) is 7.22. The average Bonchev–Trinajstić information content (AvgIpc) is 2.87. The third-order valence-electron chi connectivity index (χ3n) is 7.22. The summed E-state index contributed by atoms with van der Waals surface area (Å²) in [6.07, 6.45) is 4.87. The van der Waals surface area contributed by atoms with Crippen LogP contribution in [-0.2, 0) is 20.7 Å². The molecule has 1 aliphatic carbocycles. The van der Waals surface area contributed by atoms with E-state index in [2.05, 4.69) is 10.6 Å². The summed E-state index contributed by atoms with van der Waals surface area (Å²) >= 11 is 0. The lowest BCUT2D eigenvalue weighted by Gasteiger charge is -2.36. The van der Waals surface area contributed by atoms with Gasteiger partial charge in [-0.05, 0) is 76.6 Å². The maximum atomic E-state index is 14.3. The fourth-order valence-corrected chi connectivity index (χ4v) is 5.38. The summed E-state index contributed by atoms with van der Waals surface area (Å²) in [7, 11) is 0. The first-order chi connectivity index (χ1) is 18.5. The summed E-state index contributed by atoms with van der Waals surface area (Å²) in [5.74, 6) is -0.496. The number of alkyl carbamates (subject to hydrolysis) is 1. The van der Waals surface area contributed by atoms with E-state index in [0.717, 1.165) is 47.9 Å². The highest BCUT2D eigenvalue weighted by atomic mass is 16.6. The molecule has 3 rings (SSSR count). The first-order valence-electron chi connectivity index (χ1n) is 14.2. The van der Waals surface area contributed by atoms with E-state index in [-0.39, 0.29) is 24.3 Å². The van der Waals surface area contributed by atoms with Crippen LogP contribution in [0.1, 0.15) is 88.1 Å². The summed E-state index contributed by atoms with van der Waals surface area (Å²) in [5.41, 5.74) is 2.92. The van der Waals surface area contributed by atoms with Gasteiger partial charge in [0.2, 0.25) is 11.8 Å². The predicted molar refractivity (Wildman–Crippen MR) is 154 cm³/mol. The number of hydrogen-bond donors (Lipinski definition) is 2. The molecule has 7 heteroatoms. The lowest BCUT2D eigenvalue weighted by molar-refractivity contribution is -0.142. The first-order valence-corrected chi connectivity index (χ1v) is 14.2. The third kappa shape index (κ3) is 8.57. The molecular weight excluding hydrogens is 490 g/mol. The maximum Gasteiger partial charge on any atom is 0.408 e. The van der Waals surface area contributed by atoms with Gasteiger partial charge in [-0.15, -0.1) is 0 Å². The number of amides is 3. The number of benzene rings is 2. The number of nitrogens with one attached hydrogen (secondary N) is 2. The van der Waals surface area contributed by atoms with E-state index in [1.54, 1.807) is 25.7 Å². The Balaban J connectivity index is 1.99. The van der Waals surface area contributed by atoms with Crippen molar-refractivity contribution in [1.82, 2.24) is 15.5 Å². The summed E-state index contributed by atoms with van der Waals surface area (Å²) in [6, 6.07) is 13.9. The lowest BCUT2D eigenvalue weighted by Crippen LogP contribution is -2.54. The van der Waals surface area contributed by atoms with Gasteiger partial charge in [-0.3, -0.25) is 9.59 Å². The van der Waals surface area contributed by atoms with Crippen LogP contribution in [0.3, 0.4) is 0 Å². The van der Waals surface area contributed by atoms with Gasteiger partial charge in [-0.2, -0.15) is 0 Å². The molecule has 0 aliphatic heterocycles. The van der Waals surface area contributed by atoms with Crippen molar-refractivity contribution in [2.24, 2.45) is 0 Å². The molecule has 7 nitrogen and oxygen atoms in total. The van der Waals surface area contributed by atoms with Crippen molar-refractivity contribution < 1.29 is 19.1 Å². The topological polar surface area (TPSA) is 87.7 Å². The van der Waals surface area contributed by atoms with Crippen molar-refractivity contribution in [3.63, 3.8) is 0 Å². The van der Waals surface area contributed by atoms with Crippen molar-refractivity contribution in [3.8, 4) is 0 Å². The van der Waals surface area contributed by atoms with Gasteiger partial charge < -0.3 is 20.3 Å². The summed E-state index contributed by atoms with van der Waals surface area (Å²) in [4.78, 5) is 42.7. The Morgan fingerprint density at radius 3 is 2.13 bits per heavy atom. The van der Waals surface area contributed by atoms with Crippen LogP contribution in [0.25, 0.3) is 0 Å². The Labute approximate surface area is 233 Å². The molecule has 1 aliphatic rings. The van der Waals surface area contributed by atoms with Crippen LogP contribution in [0, 0.1) is 13.8 Å². The molecule has 0 bridgehead atoms. The Hall–Kier alpha value is -3.35. The largest absolute Gasteiger partial charge is 0.444 e. The number of carbonyl (C=O) groups is 3. The lowest BCUT2D eigenvalue weighted by atomic mass is 9.91. The fraction of sp³-hybridized carbons (Fsp3) is 0.531. The molecule has 1 saturated carbocycles. The maximum absolute atomic E-state index is 14.3. The second-order valence-electron chi connectivity index (χ2n) is 11.6. The zero-order chi connectivity index (χ0) is 28.6. The Morgan fingerprint density at radius 2 is 1.56 bits per heavy atom. The fourth-order valence-electron chi connectivity index (χ4n) is 5.38. The molecule has 0 saturated heterocycles. The number of ether oxygens (including phenoxy) is 1. The first kappa shape index (κ1) is 30.2. The van der Waals surface area contributed by atoms with E-state index < -0.39 is 23.8 Å². The van der Waals surface area contributed by atoms with E-state index in [1.807, 2.05) is 69.3 Å². The molecule has 1 fully saturated rings. The number of likely N-dealkylation sites (N-methyl/N-ethyl adjacent to an activating group) is 1. The summed E-state index contributed by atoms with van der Waals surface area (Å²) in [5, 5.41) is 6.07. The Morgan fingerprint density at radius 1 is 0.949 bits per heavy atom. The van der Waals surface area contributed by atoms with Gasteiger partial charge in [0, 0.05) is 19.0 Å². The molecular formula is C32H45N3O4. The summed E-state index contributed by atoms with van der Waals surface area (Å²) in [6.45, 7) is 11.5. The zero-order valence-electron chi connectivity index (χ0n) is 24.4. The standard InChI is InChI=1S/C32H45N3O4/c1-7-35(30(37)26(21-24-17-10-8-11-18-24)34-31(38)39-32(4,5)6)28(27-22(2)15-14-16-23(27)3)29(36)33-25-19-12-9-13-20-25/h8,10-11,14-18,25-26,28H,7,9,12-13,19-21H2,1-6H3,(H,33,36)(H,34,38). The zero-order valence-corrected chi connectivity index (χ0v) is 24.4. The van der Waals surface area contributed by atoms with Gasteiger partial charge in [-0.1, -0.05) is 67.8 Å². The van der Waals surface area contributed by atoms with E-state index >= 15 is 0 Å². The minimum atomic E-state index is -0.906. The average molecular weight is 536 g/mol. The second-order valence-corrected chi connectivity index (χ2v) is 11.6. The number of carbonyl (C=O) groups excluding carboxylic acids is 3. The molecule has 212 valence electrons. The van der Waals surface area contributed by atoms with Gasteiger partial charge in [0.1, 0.15) is 17.7 Å². The normalized spacial score (nSPS) is 15.6. The minimum absolute atomic E-state index is 0.104. The van der Waals surface area contributed by atoms with Crippen LogP contribution in [0.5, 0.6) is 0 Å². The Bertz CT molecular complexity index is 1100. The van der Waals surface area contributed by atoms with Crippen molar-refractivity contribution in [3.05, 3.63) is 70.8 Å². The van der Waals surface area contributed by atoms with Crippen LogP contribution in [0.15, 0.2) is 48.5 Å². The molecule has 2 aromatic carbocycles. The van der Waals surface area contributed by atoms with Gasteiger partial charge in [-0.25, -0.2) is 4.79 Å². The molecule has 2 atom stereocenters. The van der Waals surface area contributed by atoms with Crippen molar-refractivity contribution in [2.75, 3.05) is 6.54 Å². The molecule has 0 spiro atoms. The molecule has 0 aromatic heterocycles. The van der Waals surface area contributed by atoms with Crippen LogP contribution in [0.2, 0.25) is 0 Å². The number of aryl methyl sites for hydroxylation is 2. The van der Waals surface area contributed by atoms with Crippen molar-refractivity contribution >= 4 is 17.9 Å². The highest BCUT2D eigenvalue weighted by molar-refractivity contribution is 5.92. The van der Waals surface area contributed by atoms with Crippen molar-refractivity contribution in [2.45, 2.75) is 104 Å². The number of rotatable bonds is 9. The van der Waals surface area contributed by atoms with Crippen LogP contribution in [0.4, 0.5) is 4.79 Å². The Kier molecular flexibility index (Phi) is 10.6. The number of hydrogen-bond acceptors (Lipinski definition) is 4. The molecule has 2 aromatic rings. The van der Waals surface area contributed by atoms with E-state index in [9.17, 15) is 14.4 Å².